The molecule has 1 saturated carbocycles. The molecule has 19 heavy (non-hydrogen) atoms. The Morgan fingerprint density at radius 2 is 2.21 bits per heavy atom. The second-order valence-corrected chi connectivity index (χ2v) is 4.66. The quantitative estimate of drug-likeness (QED) is 0.767. The van der Waals surface area contributed by atoms with Crippen LogP contribution in [0.1, 0.15) is 24.8 Å². The summed E-state index contributed by atoms with van der Waals surface area (Å²) in [5, 5.41) is 8.59. The van der Waals surface area contributed by atoms with Gasteiger partial charge in [0.15, 0.2) is 11.5 Å². The van der Waals surface area contributed by atoms with Crippen molar-refractivity contribution in [2.24, 2.45) is 5.92 Å². The molecule has 1 aromatic carbocycles. The highest BCUT2D eigenvalue weighted by Crippen LogP contribution is 2.33. The van der Waals surface area contributed by atoms with Gasteiger partial charge in [0.25, 0.3) is 0 Å². The minimum Gasteiger partial charge on any atom is -0.493 e. The molecule has 2 rings (SSSR count). The van der Waals surface area contributed by atoms with E-state index < -0.39 is 5.97 Å². The molecule has 0 aliphatic heterocycles. The molecule has 0 bridgehead atoms. The van der Waals surface area contributed by atoms with Crippen molar-refractivity contribution in [2.75, 3.05) is 13.7 Å². The van der Waals surface area contributed by atoms with Crippen molar-refractivity contribution in [1.29, 1.82) is 0 Å². The topological polar surface area (TPSA) is 55.8 Å². The van der Waals surface area contributed by atoms with E-state index in [0.717, 1.165) is 24.0 Å². The smallest absolute Gasteiger partial charge is 0.328 e. The van der Waals surface area contributed by atoms with Gasteiger partial charge in [-0.05, 0) is 36.1 Å². The summed E-state index contributed by atoms with van der Waals surface area (Å²) in [5.74, 6) is 1.20. The van der Waals surface area contributed by atoms with Crippen molar-refractivity contribution < 1.29 is 19.4 Å². The Hall–Kier alpha value is -1.97. The standard InChI is InChI=1S/C15H18O4/c1-18-14-10-12(5-7-15(16)17)4-6-13(14)19-9-8-11-2-3-11/h4-7,10-11H,2-3,8-9H2,1H3,(H,16,17). The van der Waals surface area contributed by atoms with E-state index in [4.69, 9.17) is 14.6 Å². The van der Waals surface area contributed by atoms with Crippen molar-refractivity contribution in [3.8, 4) is 11.5 Å². The largest absolute Gasteiger partial charge is 0.493 e. The third kappa shape index (κ3) is 4.32. The van der Waals surface area contributed by atoms with Crippen LogP contribution in [-0.4, -0.2) is 24.8 Å². The van der Waals surface area contributed by atoms with E-state index in [1.54, 1.807) is 13.2 Å². The Labute approximate surface area is 112 Å². The predicted octanol–water partition coefficient (Wildman–Crippen LogP) is 2.97. The average Bonchev–Trinajstić information content (AvgIpc) is 3.21. The van der Waals surface area contributed by atoms with Crippen LogP contribution >= 0.6 is 0 Å². The van der Waals surface area contributed by atoms with E-state index in [9.17, 15) is 4.79 Å². The van der Waals surface area contributed by atoms with E-state index in [1.165, 1.54) is 18.9 Å². The number of carboxylic acid groups (broad SMARTS) is 1. The first-order valence-corrected chi connectivity index (χ1v) is 6.41. The van der Waals surface area contributed by atoms with E-state index in [2.05, 4.69) is 0 Å². The first kappa shape index (κ1) is 13.5. The lowest BCUT2D eigenvalue weighted by Gasteiger charge is -2.11. The Morgan fingerprint density at radius 1 is 1.42 bits per heavy atom. The minimum atomic E-state index is -0.969. The lowest BCUT2D eigenvalue weighted by Crippen LogP contribution is -2.00. The van der Waals surface area contributed by atoms with Crippen LogP contribution in [0.5, 0.6) is 11.5 Å². The molecule has 0 spiro atoms. The summed E-state index contributed by atoms with van der Waals surface area (Å²) in [6.07, 6.45) is 6.35. The average molecular weight is 262 g/mol. The molecule has 0 saturated heterocycles. The van der Waals surface area contributed by atoms with E-state index >= 15 is 0 Å². The van der Waals surface area contributed by atoms with E-state index in [1.807, 2.05) is 12.1 Å². The number of hydrogen-bond donors (Lipinski definition) is 1. The fourth-order valence-corrected chi connectivity index (χ4v) is 1.82. The third-order valence-corrected chi connectivity index (χ3v) is 3.09. The first-order chi connectivity index (χ1) is 9.19. The molecule has 1 aromatic rings. The molecule has 1 aliphatic rings. The summed E-state index contributed by atoms with van der Waals surface area (Å²) in [7, 11) is 1.58. The fourth-order valence-electron chi connectivity index (χ4n) is 1.82. The molecule has 1 fully saturated rings. The fraction of sp³-hybridized carbons (Fsp3) is 0.400. The van der Waals surface area contributed by atoms with Crippen molar-refractivity contribution in [3.63, 3.8) is 0 Å². The van der Waals surface area contributed by atoms with Crippen LogP contribution in [0.15, 0.2) is 24.3 Å². The molecule has 4 heteroatoms. The minimum absolute atomic E-state index is 0.628. The summed E-state index contributed by atoms with van der Waals surface area (Å²) in [4.78, 5) is 10.5. The Kier molecular flexibility index (Phi) is 4.44. The van der Waals surface area contributed by atoms with Gasteiger partial charge >= 0.3 is 5.97 Å². The molecule has 0 aromatic heterocycles. The van der Waals surface area contributed by atoms with Gasteiger partial charge in [-0.15, -0.1) is 0 Å². The summed E-state index contributed by atoms with van der Waals surface area (Å²) in [5.41, 5.74) is 0.772. The molecule has 0 unspecified atom stereocenters. The maximum absolute atomic E-state index is 10.5. The Morgan fingerprint density at radius 3 is 2.84 bits per heavy atom. The number of benzene rings is 1. The van der Waals surface area contributed by atoms with Crippen molar-refractivity contribution in [2.45, 2.75) is 19.3 Å². The summed E-state index contributed by atoms with van der Waals surface area (Å²) < 4.78 is 11.0. The zero-order chi connectivity index (χ0) is 13.7. The molecule has 0 amide bonds. The van der Waals surface area contributed by atoms with Gasteiger partial charge in [0.2, 0.25) is 0 Å². The molecule has 4 nitrogen and oxygen atoms in total. The highest BCUT2D eigenvalue weighted by atomic mass is 16.5. The van der Waals surface area contributed by atoms with Gasteiger partial charge in [-0.3, -0.25) is 0 Å². The SMILES string of the molecule is COc1cc(C=CC(=O)O)ccc1OCCC1CC1. The van der Waals surface area contributed by atoms with Gasteiger partial charge in [-0.1, -0.05) is 18.9 Å². The molecule has 0 atom stereocenters. The lowest BCUT2D eigenvalue weighted by molar-refractivity contribution is -0.131. The van der Waals surface area contributed by atoms with Crippen molar-refractivity contribution in [3.05, 3.63) is 29.8 Å². The second kappa shape index (κ2) is 6.27. The molecule has 1 aliphatic carbocycles. The van der Waals surface area contributed by atoms with Gasteiger partial charge in [-0.25, -0.2) is 4.79 Å². The number of hydrogen-bond acceptors (Lipinski definition) is 3. The predicted molar refractivity (Wildman–Crippen MR) is 72.5 cm³/mol. The number of aliphatic carboxylic acids is 1. The number of carbonyl (C=O) groups is 1. The highest BCUT2D eigenvalue weighted by molar-refractivity contribution is 5.85. The van der Waals surface area contributed by atoms with Crippen LogP contribution in [0.2, 0.25) is 0 Å². The number of rotatable bonds is 7. The normalized spacial score (nSPS) is 14.6. The van der Waals surface area contributed by atoms with E-state index in [-0.39, 0.29) is 0 Å². The lowest BCUT2D eigenvalue weighted by atomic mass is 10.2. The van der Waals surface area contributed by atoms with Crippen LogP contribution in [0.4, 0.5) is 0 Å². The Balaban J connectivity index is 1.99. The van der Waals surface area contributed by atoms with Gasteiger partial charge in [0.1, 0.15) is 0 Å². The van der Waals surface area contributed by atoms with Gasteiger partial charge in [0.05, 0.1) is 13.7 Å². The van der Waals surface area contributed by atoms with Crippen LogP contribution in [0.3, 0.4) is 0 Å². The Bertz CT molecular complexity index is 475. The number of methoxy groups -OCH3 is 1. The zero-order valence-corrected chi connectivity index (χ0v) is 11.0. The van der Waals surface area contributed by atoms with Gasteiger partial charge in [0, 0.05) is 6.08 Å². The third-order valence-electron chi connectivity index (χ3n) is 3.09. The second-order valence-electron chi connectivity index (χ2n) is 4.66. The van der Waals surface area contributed by atoms with Crippen molar-refractivity contribution in [1.82, 2.24) is 0 Å². The zero-order valence-electron chi connectivity index (χ0n) is 11.0. The van der Waals surface area contributed by atoms with Crippen LogP contribution in [-0.2, 0) is 4.79 Å². The molecular formula is C15H18O4. The summed E-state index contributed by atoms with van der Waals surface area (Å²) in [6, 6.07) is 5.40. The first-order valence-electron chi connectivity index (χ1n) is 6.41. The molecule has 0 radical (unpaired) electrons. The van der Waals surface area contributed by atoms with Gasteiger partial charge in [-0.2, -0.15) is 0 Å². The maximum Gasteiger partial charge on any atom is 0.328 e. The maximum atomic E-state index is 10.5. The monoisotopic (exact) mass is 262 g/mol. The van der Waals surface area contributed by atoms with Crippen molar-refractivity contribution >= 4 is 12.0 Å². The van der Waals surface area contributed by atoms with E-state index in [0.29, 0.717) is 18.1 Å². The summed E-state index contributed by atoms with van der Waals surface area (Å²) >= 11 is 0. The number of carboxylic acids is 1. The van der Waals surface area contributed by atoms with Crippen LogP contribution < -0.4 is 9.47 Å². The summed E-state index contributed by atoms with van der Waals surface area (Å²) in [6.45, 7) is 0.700. The van der Waals surface area contributed by atoms with Gasteiger partial charge < -0.3 is 14.6 Å². The highest BCUT2D eigenvalue weighted by Gasteiger charge is 2.20. The van der Waals surface area contributed by atoms with Crippen LogP contribution in [0.25, 0.3) is 6.08 Å². The molecule has 1 N–H and O–H groups in total. The molecule has 102 valence electrons. The molecular weight excluding hydrogens is 244 g/mol. The van der Waals surface area contributed by atoms with Crippen LogP contribution in [0, 0.1) is 5.92 Å². The molecule has 0 heterocycles. The number of ether oxygens (including phenoxy) is 2.